The average Bonchev–Trinajstić information content (AvgIpc) is 2.76. The van der Waals surface area contributed by atoms with Crippen LogP contribution in [0.25, 0.3) is 0 Å². The van der Waals surface area contributed by atoms with E-state index in [1.54, 1.807) is 0 Å². The Morgan fingerprint density at radius 3 is 3.06 bits per heavy atom. The van der Waals surface area contributed by atoms with Crippen LogP contribution in [-0.2, 0) is 9.53 Å². The number of piperidine rings is 1. The summed E-state index contributed by atoms with van der Waals surface area (Å²) in [7, 11) is 1.98. The fourth-order valence-corrected chi connectivity index (χ4v) is 3.30. The summed E-state index contributed by atoms with van der Waals surface area (Å²) in [5.74, 6) is -0.0618. The molecule has 2 saturated heterocycles. The van der Waals surface area contributed by atoms with Crippen molar-refractivity contribution in [1.29, 1.82) is 0 Å². The van der Waals surface area contributed by atoms with Crippen LogP contribution in [-0.4, -0.2) is 49.2 Å². The monoisotopic (exact) mass is 240 g/mol. The number of carbonyl (C=O) groups is 1. The molecular formula is C13H24N2O2. The highest BCUT2D eigenvalue weighted by atomic mass is 16.5. The van der Waals surface area contributed by atoms with Crippen molar-refractivity contribution in [2.45, 2.75) is 50.6 Å². The van der Waals surface area contributed by atoms with Crippen LogP contribution in [0, 0.1) is 0 Å². The Balaban J connectivity index is 1.97. The Morgan fingerprint density at radius 1 is 1.53 bits per heavy atom. The number of nitrogens with one attached hydrogen (secondary N) is 1. The van der Waals surface area contributed by atoms with Gasteiger partial charge in [-0.05, 0) is 46.2 Å². The van der Waals surface area contributed by atoms with E-state index < -0.39 is 0 Å². The minimum atomic E-state index is -0.0618. The second kappa shape index (κ2) is 5.36. The van der Waals surface area contributed by atoms with E-state index in [1.807, 2.05) is 14.0 Å². The summed E-state index contributed by atoms with van der Waals surface area (Å²) in [5, 5.41) is 3.39. The molecule has 2 aliphatic heterocycles. The molecule has 2 atom stereocenters. The summed E-state index contributed by atoms with van der Waals surface area (Å²) in [6.07, 6.45) is 5.25. The van der Waals surface area contributed by atoms with E-state index in [0.717, 1.165) is 19.4 Å². The zero-order valence-corrected chi connectivity index (χ0v) is 11.0. The van der Waals surface area contributed by atoms with Crippen molar-refractivity contribution >= 4 is 5.97 Å². The van der Waals surface area contributed by atoms with Crippen molar-refractivity contribution in [2.24, 2.45) is 0 Å². The van der Waals surface area contributed by atoms with Crippen LogP contribution in [0.5, 0.6) is 0 Å². The molecule has 1 N–H and O–H groups in total. The maximum atomic E-state index is 11.7. The van der Waals surface area contributed by atoms with Crippen molar-refractivity contribution in [3.05, 3.63) is 0 Å². The van der Waals surface area contributed by atoms with E-state index in [-0.39, 0.29) is 11.5 Å². The van der Waals surface area contributed by atoms with Crippen molar-refractivity contribution in [2.75, 3.05) is 26.7 Å². The van der Waals surface area contributed by atoms with Gasteiger partial charge >= 0.3 is 5.97 Å². The summed E-state index contributed by atoms with van der Waals surface area (Å²) in [6, 6.07) is 0.672. The van der Waals surface area contributed by atoms with Crippen LogP contribution >= 0.6 is 0 Å². The third-order valence-corrected chi connectivity index (χ3v) is 4.32. The lowest BCUT2D eigenvalue weighted by Crippen LogP contribution is -2.55. The van der Waals surface area contributed by atoms with Gasteiger partial charge in [-0.15, -0.1) is 0 Å². The minimum Gasteiger partial charge on any atom is -0.466 e. The maximum Gasteiger partial charge on any atom is 0.307 e. The van der Waals surface area contributed by atoms with Crippen LogP contribution in [0.2, 0.25) is 0 Å². The molecule has 17 heavy (non-hydrogen) atoms. The molecule has 2 aliphatic rings. The number of nitrogens with zero attached hydrogens (tertiary/aromatic N) is 1. The molecule has 4 heteroatoms. The van der Waals surface area contributed by atoms with Gasteiger partial charge < -0.3 is 15.0 Å². The molecule has 0 amide bonds. The van der Waals surface area contributed by atoms with Crippen LogP contribution < -0.4 is 5.32 Å². The van der Waals surface area contributed by atoms with E-state index in [9.17, 15) is 4.79 Å². The molecule has 0 saturated carbocycles. The number of hydrogen-bond donors (Lipinski definition) is 1. The van der Waals surface area contributed by atoms with E-state index >= 15 is 0 Å². The molecule has 98 valence electrons. The molecule has 0 radical (unpaired) electrons. The first-order valence-electron chi connectivity index (χ1n) is 6.78. The smallest absolute Gasteiger partial charge is 0.307 e. The van der Waals surface area contributed by atoms with E-state index in [1.165, 1.54) is 19.4 Å². The molecule has 0 aromatic rings. The lowest BCUT2D eigenvalue weighted by atomic mass is 9.81. The Kier molecular flexibility index (Phi) is 4.05. The number of fused-ring (bicyclic) bond motifs is 1. The largest absolute Gasteiger partial charge is 0.466 e. The summed E-state index contributed by atoms with van der Waals surface area (Å²) < 4.78 is 5.09. The maximum absolute atomic E-state index is 11.7. The fraction of sp³-hybridized carbons (Fsp3) is 0.923. The topological polar surface area (TPSA) is 41.6 Å². The van der Waals surface area contributed by atoms with E-state index in [0.29, 0.717) is 19.1 Å². The number of ether oxygens (including phenoxy) is 1. The first-order valence-corrected chi connectivity index (χ1v) is 6.78. The molecule has 2 unspecified atom stereocenters. The predicted molar refractivity (Wildman–Crippen MR) is 66.9 cm³/mol. The Hall–Kier alpha value is -0.610. The predicted octanol–water partition coefficient (Wildman–Crippen LogP) is 1.16. The zero-order valence-electron chi connectivity index (χ0n) is 11.0. The van der Waals surface area contributed by atoms with E-state index in [4.69, 9.17) is 4.74 Å². The molecule has 2 fully saturated rings. The summed E-state index contributed by atoms with van der Waals surface area (Å²) >= 11 is 0. The van der Waals surface area contributed by atoms with Crippen LogP contribution in [0.1, 0.15) is 39.0 Å². The van der Waals surface area contributed by atoms with Gasteiger partial charge in [0, 0.05) is 18.1 Å². The molecule has 2 heterocycles. The molecule has 2 rings (SSSR count). The Bertz CT molecular complexity index is 283. The normalized spacial score (nSPS) is 33.4. The lowest BCUT2D eigenvalue weighted by molar-refractivity contribution is -0.145. The average molecular weight is 240 g/mol. The highest BCUT2D eigenvalue weighted by molar-refractivity contribution is 5.71. The van der Waals surface area contributed by atoms with Gasteiger partial charge in [0.2, 0.25) is 0 Å². The molecular weight excluding hydrogens is 216 g/mol. The van der Waals surface area contributed by atoms with Crippen molar-refractivity contribution in [3.63, 3.8) is 0 Å². The van der Waals surface area contributed by atoms with Crippen molar-refractivity contribution in [3.8, 4) is 0 Å². The van der Waals surface area contributed by atoms with Gasteiger partial charge in [0.05, 0.1) is 13.0 Å². The lowest BCUT2D eigenvalue weighted by Gasteiger charge is -2.43. The standard InChI is InChI=1S/C13H24N2O2/c1-3-17-12(16)10-13(14-2)6-8-15-7-4-5-11(15)9-13/h11,14H,3-10H2,1-2H3. The van der Waals surface area contributed by atoms with Crippen molar-refractivity contribution < 1.29 is 9.53 Å². The first-order chi connectivity index (χ1) is 8.19. The number of esters is 1. The molecule has 0 spiro atoms. The van der Waals surface area contributed by atoms with Gasteiger partial charge in [-0.1, -0.05) is 0 Å². The minimum absolute atomic E-state index is 0.0300. The number of hydrogen-bond acceptors (Lipinski definition) is 4. The third kappa shape index (κ3) is 2.80. The van der Waals surface area contributed by atoms with Crippen LogP contribution in [0.3, 0.4) is 0 Å². The summed E-state index contributed by atoms with van der Waals surface area (Å²) in [5.41, 5.74) is -0.0300. The molecule has 0 aromatic carbocycles. The highest BCUT2D eigenvalue weighted by Gasteiger charge is 2.41. The summed E-state index contributed by atoms with van der Waals surface area (Å²) in [6.45, 7) is 4.70. The van der Waals surface area contributed by atoms with Gasteiger partial charge in [-0.25, -0.2) is 0 Å². The molecule has 0 aromatic heterocycles. The first kappa shape index (κ1) is 12.8. The van der Waals surface area contributed by atoms with Gasteiger partial charge in [-0.2, -0.15) is 0 Å². The van der Waals surface area contributed by atoms with Gasteiger partial charge in [0.25, 0.3) is 0 Å². The van der Waals surface area contributed by atoms with Crippen molar-refractivity contribution in [1.82, 2.24) is 10.2 Å². The zero-order chi connectivity index (χ0) is 12.3. The van der Waals surface area contributed by atoms with Gasteiger partial charge in [0.15, 0.2) is 0 Å². The highest BCUT2D eigenvalue weighted by Crippen LogP contribution is 2.35. The second-order valence-corrected chi connectivity index (χ2v) is 5.30. The fourth-order valence-electron chi connectivity index (χ4n) is 3.30. The van der Waals surface area contributed by atoms with Crippen LogP contribution in [0.15, 0.2) is 0 Å². The van der Waals surface area contributed by atoms with Gasteiger partial charge in [-0.3, -0.25) is 4.79 Å². The molecule has 0 bridgehead atoms. The van der Waals surface area contributed by atoms with Gasteiger partial charge in [0.1, 0.15) is 0 Å². The Morgan fingerprint density at radius 2 is 2.35 bits per heavy atom. The second-order valence-electron chi connectivity index (χ2n) is 5.30. The van der Waals surface area contributed by atoms with Crippen LogP contribution in [0.4, 0.5) is 0 Å². The Labute approximate surface area is 104 Å². The molecule has 4 nitrogen and oxygen atoms in total. The number of rotatable bonds is 4. The SMILES string of the molecule is CCOC(=O)CC1(NC)CCN2CCCC2C1. The molecule has 0 aliphatic carbocycles. The summed E-state index contributed by atoms with van der Waals surface area (Å²) in [4.78, 5) is 14.3. The number of carbonyl (C=O) groups excluding carboxylic acids is 1. The third-order valence-electron chi connectivity index (χ3n) is 4.32. The van der Waals surface area contributed by atoms with E-state index in [2.05, 4.69) is 10.2 Å². The quantitative estimate of drug-likeness (QED) is 0.749.